The highest BCUT2D eigenvalue weighted by atomic mass is 16.2. The Morgan fingerprint density at radius 1 is 0.848 bits per heavy atom. The minimum absolute atomic E-state index is 0.0281. The van der Waals surface area contributed by atoms with Crippen LogP contribution in [0.25, 0.3) is 40.3 Å². The number of aryl methyl sites for hydroxylation is 1. The Kier molecular flexibility index (Phi) is 4.91. The van der Waals surface area contributed by atoms with Gasteiger partial charge in [-0.1, -0.05) is 48.5 Å². The smallest absolute Gasteiger partial charge is 0.305 e. The number of nitrogens with one attached hydrogen (secondary N) is 2. The summed E-state index contributed by atoms with van der Waals surface area (Å²) < 4.78 is 2.90. The first-order valence-corrected chi connectivity index (χ1v) is 10.1. The zero-order chi connectivity index (χ0) is 22.9. The Hall–Kier alpha value is -4.79. The van der Waals surface area contributed by atoms with E-state index in [1.54, 1.807) is 10.8 Å². The quantitative estimate of drug-likeness (QED) is 0.446. The summed E-state index contributed by atoms with van der Waals surface area (Å²) in [5.74, 6) is 0. The predicted molar refractivity (Wildman–Crippen MR) is 126 cm³/mol. The molecule has 9 heteroatoms. The van der Waals surface area contributed by atoms with Gasteiger partial charge < -0.3 is 4.98 Å². The molecule has 0 fully saturated rings. The van der Waals surface area contributed by atoms with Crippen molar-refractivity contribution in [3.05, 3.63) is 109 Å². The first-order valence-electron chi connectivity index (χ1n) is 10.1. The van der Waals surface area contributed by atoms with Crippen LogP contribution in [0.5, 0.6) is 0 Å². The van der Waals surface area contributed by atoms with Crippen LogP contribution >= 0.6 is 0 Å². The van der Waals surface area contributed by atoms with Gasteiger partial charge in [0.15, 0.2) is 5.52 Å². The monoisotopic (exact) mass is 438 g/mol. The van der Waals surface area contributed by atoms with Crippen LogP contribution in [0.2, 0.25) is 0 Å². The SMILES string of the molecule is Cn1c(=O)[nH]c(=O)c2nc(/C=C/c3cn(-c4ccccc4)nc3-c3ccccc3)c(=O)[nH]c21. The van der Waals surface area contributed by atoms with Gasteiger partial charge in [0.25, 0.3) is 11.1 Å². The molecule has 5 rings (SSSR count). The molecule has 3 heterocycles. The van der Waals surface area contributed by atoms with Crippen molar-refractivity contribution in [2.75, 3.05) is 0 Å². The first kappa shape index (κ1) is 20.1. The molecule has 0 unspecified atom stereocenters. The molecule has 0 amide bonds. The molecule has 0 saturated heterocycles. The lowest BCUT2D eigenvalue weighted by molar-refractivity contribution is 0.820. The van der Waals surface area contributed by atoms with Crippen molar-refractivity contribution in [2.24, 2.45) is 7.05 Å². The van der Waals surface area contributed by atoms with E-state index in [1.165, 1.54) is 13.1 Å². The highest BCUT2D eigenvalue weighted by molar-refractivity contribution is 5.79. The summed E-state index contributed by atoms with van der Waals surface area (Å²) in [6.07, 6.45) is 5.12. The summed E-state index contributed by atoms with van der Waals surface area (Å²) in [4.78, 5) is 45.5. The van der Waals surface area contributed by atoms with Crippen LogP contribution < -0.4 is 16.8 Å². The Bertz CT molecular complexity index is 1680. The van der Waals surface area contributed by atoms with Crippen molar-refractivity contribution in [3.63, 3.8) is 0 Å². The average Bonchev–Trinajstić information content (AvgIpc) is 3.27. The van der Waals surface area contributed by atoms with E-state index in [4.69, 9.17) is 5.10 Å². The molecule has 0 radical (unpaired) electrons. The van der Waals surface area contributed by atoms with E-state index in [0.717, 1.165) is 27.1 Å². The third-order valence-corrected chi connectivity index (χ3v) is 5.23. The van der Waals surface area contributed by atoms with Gasteiger partial charge in [-0.2, -0.15) is 5.10 Å². The zero-order valence-corrected chi connectivity index (χ0v) is 17.5. The fourth-order valence-corrected chi connectivity index (χ4v) is 3.52. The maximum absolute atomic E-state index is 12.6. The maximum Gasteiger partial charge on any atom is 0.329 e. The van der Waals surface area contributed by atoms with Crippen LogP contribution in [-0.4, -0.2) is 29.3 Å². The van der Waals surface area contributed by atoms with E-state index in [2.05, 4.69) is 15.0 Å². The molecule has 2 aromatic carbocycles. The van der Waals surface area contributed by atoms with Crippen molar-refractivity contribution in [1.29, 1.82) is 0 Å². The molecule has 0 spiro atoms. The van der Waals surface area contributed by atoms with Crippen molar-refractivity contribution in [2.45, 2.75) is 0 Å². The Labute approximate surface area is 186 Å². The van der Waals surface area contributed by atoms with Gasteiger partial charge in [0, 0.05) is 24.4 Å². The molecule has 3 aromatic heterocycles. The summed E-state index contributed by atoms with van der Waals surface area (Å²) in [6.45, 7) is 0. The third kappa shape index (κ3) is 3.72. The van der Waals surface area contributed by atoms with E-state index in [9.17, 15) is 14.4 Å². The molecule has 162 valence electrons. The van der Waals surface area contributed by atoms with Crippen molar-refractivity contribution >= 4 is 23.3 Å². The number of H-pyrrole nitrogens is 2. The largest absolute Gasteiger partial charge is 0.329 e. The van der Waals surface area contributed by atoms with Gasteiger partial charge >= 0.3 is 5.69 Å². The van der Waals surface area contributed by atoms with E-state index < -0.39 is 16.8 Å². The van der Waals surface area contributed by atoms with Gasteiger partial charge in [0.05, 0.1) is 11.4 Å². The fourth-order valence-electron chi connectivity index (χ4n) is 3.52. The Balaban J connectivity index is 1.64. The van der Waals surface area contributed by atoms with E-state index >= 15 is 0 Å². The Morgan fingerprint density at radius 3 is 2.27 bits per heavy atom. The van der Waals surface area contributed by atoms with Crippen LogP contribution in [0.3, 0.4) is 0 Å². The van der Waals surface area contributed by atoms with Crippen LogP contribution in [0.4, 0.5) is 0 Å². The number of hydrogen-bond acceptors (Lipinski definition) is 5. The van der Waals surface area contributed by atoms with Gasteiger partial charge in [0.1, 0.15) is 11.3 Å². The van der Waals surface area contributed by atoms with E-state index in [1.807, 2.05) is 66.9 Å². The third-order valence-electron chi connectivity index (χ3n) is 5.23. The summed E-state index contributed by atoms with van der Waals surface area (Å²) in [6, 6.07) is 19.4. The lowest BCUT2D eigenvalue weighted by Crippen LogP contribution is -2.31. The number of aromatic amines is 2. The number of aromatic nitrogens is 6. The van der Waals surface area contributed by atoms with Gasteiger partial charge in [0.2, 0.25) is 0 Å². The number of fused-ring (bicyclic) bond motifs is 1. The lowest BCUT2D eigenvalue weighted by atomic mass is 10.1. The predicted octanol–water partition coefficient (Wildman–Crippen LogP) is 2.33. The topological polar surface area (TPSA) is 118 Å². The van der Waals surface area contributed by atoms with E-state index in [-0.39, 0.29) is 16.9 Å². The normalized spacial score (nSPS) is 11.4. The molecule has 0 aliphatic rings. The zero-order valence-electron chi connectivity index (χ0n) is 17.5. The fraction of sp³-hybridized carbons (Fsp3) is 0.0417. The highest BCUT2D eigenvalue weighted by Crippen LogP contribution is 2.25. The number of benzene rings is 2. The standard InChI is InChI=1S/C24H18N6O3/c1-29-21-20(23(32)27-24(29)33)25-18(22(31)26-21)13-12-16-14-30(17-10-6-3-7-11-17)28-19(16)15-8-4-2-5-9-15/h2-14H,1H3,(H,26,31)(H,27,32,33)/b13-12+. The maximum atomic E-state index is 12.6. The lowest BCUT2D eigenvalue weighted by Gasteiger charge is -2.03. The van der Waals surface area contributed by atoms with Gasteiger partial charge in [-0.25, -0.2) is 14.5 Å². The molecular formula is C24H18N6O3. The second-order valence-corrected chi connectivity index (χ2v) is 7.38. The van der Waals surface area contributed by atoms with Crippen LogP contribution in [0.1, 0.15) is 11.3 Å². The molecule has 0 bridgehead atoms. The van der Waals surface area contributed by atoms with Gasteiger partial charge in [-0.15, -0.1) is 0 Å². The summed E-state index contributed by atoms with van der Waals surface area (Å²) in [5, 5.41) is 4.74. The molecule has 5 aromatic rings. The van der Waals surface area contributed by atoms with Crippen LogP contribution in [-0.2, 0) is 7.05 Å². The Morgan fingerprint density at radius 2 is 1.55 bits per heavy atom. The molecule has 0 aliphatic heterocycles. The van der Waals surface area contributed by atoms with E-state index in [0.29, 0.717) is 0 Å². The van der Waals surface area contributed by atoms with Crippen molar-refractivity contribution < 1.29 is 0 Å². The molecule has 0 aliphatic carbocycles. The molecule has 0 saturated carbocycles. The number of para-hydroxylation sites is 1. The summed E-state index contributed by atoms with van der Waals surface area (Å²) in [7, 11) is 1.44. The summed E-state index contributed by atoms with van der Waals surface area (Å²) in [5.41, 5.74) is 1.56. The molecular weight excluding hydrogens is 420 g/mol. The minimum atomic E-state index is -0.666. The average molecular weight is 438 g/mol. The summed E-state index contributed by atoms with van der Waals surface area (Å²) >= 11 is 0. The van der Waals surface area contributed by atoms with Gasteiger partial charge in [-0.3, -0.25) is 19.1 Å². The minimum Gasteiger partial charge on any atom is -0.305 e. The molecule has 2 N–H and O–H groups in total. The number of rotatable bonds is 4. The molecule has 0 atom stereocenters. The first-order chi connectivity index (χ1) is 16.0. The molecule has 9 nitrogen and oxygen atoms in total. The molecule has 33 heavy (non-hydrogen) atoms. The number of hydrogen-bond donors (Lipinski definition) is 2. The number of nitrogens with zero attached hydrogens (tertiary/aromatic N) is 4. The second kappa shape index (κ2) is 8.04. The van der Waals surface area contributed by atoms with Crippen LogP contribution in [0.15, 0.2) is 81.2 Å². The van der Waals surface area contributed by atoms with Crippen molar-refractivity contribution in [3.8, 4) is 16.9 Å². The van der Waals surface area contributed by atoms with Gasteiger partial charge in [-0.05, 0) is 24.3 Å². The van der Waals surface area contributed by atoms with Crippen LogP contribution in [0, 0.1) is 0 Å². The second-order valence-electron chi connectivity index (χ2n) is 7.38. The highest BCUT2D eigenvalue weighted by Gasteiger charge is 2.12. The van der Waals surface area contributed by atoms with Crippen molar-refractivity contribution in [1.82, 2.24) is 29.3 Å².